The largest absolute Gasteiger partial charge is 0.485 e. The van der Waals surface area contributed by atoms with Gasteiger partial charge in [0.05, 0.1) is 11.7 Å². The number of anilines is 1. The fourth-order valence-corrected chi connectivity index (χ4v) is 3.95. The number of benzene rings is 3. The number of carbonyl (C=O) groups excluding carboxylic acids is 3. The molecule has 0 aromatic heterocycles. The number of ketones is 1. The summed E-state index contributed by atoms with van der Waals surface area (Å²) in [6, 6.07) is 19.9. The second kappa shape index (κ2) is 11.5. The lowest BCUT2D eigenvalue weighted by atomic mass is 10.1. The summed E-state index contributed by atoms with van der Waals surface area (Å²) in [5.41, 5.74) is 1.82. The third-order valence-electron chi connectivity index (χ3n) is 5.85. The van der Waals surface area contributed by atoms with Crippen LogP contribution < -0.4 is 19.7 Å². The number of amides is 2. The fourth-order valence-electron chi connectivity index (χ4n) is 3.95. The number of hydrogen-bond donors (Lipinski definition) is 1. The van der Waals surface area contributed by atoms with Gasteiger partial charge in [-0.1, -0.05) is 36.4 Å². The highest BCUT2D eigenvalue weighted by Crippen LogP contribution is 2.33. The minimum absolute atomic E-state index is 0.106. The molecule has 0 aliphatic carbocycles. The summed E-state index contributed by atoms with van der Waals surface area (Å²) < 4.78 is 24.3. The number of hydrogen-bond acceptors (Lipinski definition) is 5. The molecule has 36 heavy (non-hydrogen) atoms. The monoisotopic (exact) mass is 490 g/mol. The SMILES string of the molecule is C[C@H](NC(=O)CCCN1C(=O)COc2ccc(C(=O)COc3cccc(F)c3)cc21)c1ccccc1. The number of nitrogens with one attached hydrogen (secondary N) is 1. The topological polar surface area (TPSA) is 84.9 Å². The Bertz CT molecular complexity index is 1250. The van der Waals surface area contributed by atoms with E-state index in [0.717, 1.165) is 5.56 Å². The summed E-state index contributed by atoms with van der Waals surface area (Å²) in [4.78, 5) is 39.2. The van der Waals surface area contributed by atoms with Crippen molar-refractivity contribution in [2.24, 2.45) is 0 Å². The van der Waals surface area contributed by atoms with Crippen LogP contribution in [0.4, 0.5) is 10.1 Å². The first-order valence-electron chi connectivity index (χ1n) is 11.7. The second-order valence-electron chi connectivity index (χ2n) is 8.49. The van der Waals surface area contributed by atoms with E-state index in [2.05, 4.69) is 5.32 Å². The van der Waals surface area contributed by atoms with Crippen LogP contribution in [0.2, 0.25) is 0 Å². The molecule has 4 rings (SSSR count). The van der Waals surface area contributed by atoms with Crippen molar-refractivity contribution in [2.45, 2.75) is 25.8 Å². The molecule has 8 heteroatoms. The maximum atomic E-state index is 13.3. The fraction of sp³-hybridized carbons (Fsp3) is 0.250. The minimum Gasteiger partial charge on any atom is -0.485 e. The van der Waals surface area contributed by atoms with Gasteiger partial charge in [-0.15, -0.1) is 0 Å². The zero-order valence-corrected chi connectivity index (χ0v) is 19.9. The number of fused-ring (bicyclic) bond motifs is 1. The van der Waals surface area contributed by atoms with Crippen molar-refractivity contribution < 1.29 is 28.2 Å². The third kappa shape index (κ3) is 6.27. The lowest BCUT2D eigenvalue weighted by molar-refractivity contribution is -0.123. The van der Waals surface area contributed by atoms with E-state index in [9.17, 15) is 18.8 Å². The van der Waals surface area contributed by atoms with Crippen molar-refractivity contribution >= 4 is 23.3 Å². The summed E-state index contributed by atoms with van der Waals surface area (Å²) in [5.74, 6) is -0.398. The summed E-state index contributed by atoms with van der Waals surface area (Å²) in [6.07, 6.45) is 0.691. The van der Waals surface area contributed by atoms with E-state index < -0.39 is 5.82 Å². The van der Waals surface area contributed by atoms with Crippen LogP contribution in [0.15, 0.2) is 72.8 Å². The van der Waals surface area contributed by atoms with E-state index in [1.807, 2.05) is 37.3 Å². The lowest BCUT2D eigenvalue weighted by Gasteiger charge is -2.29. The zero-order valence-electron chi connectivity index (χ0n) is 19.9. The van der Waals surface area contributed by atoms with Crippen molar-refractivity contribution in [2.75, 3.05) is 24.7 Å². The molecular weight excluding hydrogens is 463 g/mol. The molecule has 1 heterocycles. The summed E-state index contributed by atoms with van der Waals surface area (Å²) >= 11 is 0. The van der Waals surface area contributed by atoms with E-state index in [-0.39, 0.29) is 49.0 Å². The molecule has 0 radical (unpaired) electrons. The smallest absolute Gasteiger partial charge is 0.265 e. The standard InChI is InChI=1S/C28H27FN2O5/c1-19(20-7-3-2-4-8-20)30-27(33)11-6-14-31-24-15-21(12-13-26(24)36-18-28(31)34)25(32)17-35-23-10-5-9-22(29)16-23/h2-5,7-10,12-13,15-16,19H,6,11,14,17-18H2,1H3,(H,30,33)/t19-/m0/s1. The van der Waals surface area contributed by atoms with Crippen LogP contribution in [-0.2, 0) is 9.59 Å². The molecule has 3 aromatic rings. The molecule has 0 saturated carbocycles. The number of carbonyl (C=O) groups is 3. The predicted molar refractivity (Wildman–Crippen MR) is 133 cm³/mol. The Morgan fingerprint density at radius 2 is 1.89 bits per heavy atom. The minimum atomic E-state index is -0.455. The normalized spacial score (nSPS) is 13.4. The van der Waals surface area contributed by atoms with Crippen LogP contribution in [0.25, 0.3) is 0 Å². The maximum Gasteiger partial charge on any atom is 0.265 e. The zero-order chi connectivity index (χ0) is 25.5. The van der Waals surface area contributed by atoms with Gasteiger partial charge < -0.3 is 19.7 Å². The first kappa shape index (κ1) is 24.9. The highest BCUT2D eigenvalue weighted by molar-refractivity contribution is 6.02. The average Bonchev–Trinajstić information content (AvgIpc) is 2.88. The number of halogens is 1. The van der Waals surface area contributed by atoms with Gasteiger partial charge in [-0.2, -0.15) is 0 Å². The molecule has 1 aliphatic heterocycles. The third-order valence-corrected chi connectivity index (χ3v) is 5.85. The van der Waals surface area contributed by atoms with Gasteiger partial charge in [0.1, 0.15) is 17.3 Å². The van der Waals surface area contributed by atoms with Crippen LogP contribution in [0.3, 0.4) is 0 Å². The summed E-state index contributed by atoms with van der Waals surface area (Å²) in [7, 11) is 0. The van der Waals surface area contributed by atoms with Gasteiger partial charge >= 0.3 is 0 Å². The Balaban J connectivity index is 1.36. The Morgan fingerprint density at radius 1 is 1.08 bits per heavy atom. The molecule has 3 aromatic carbocycles. The van der Waals surface area contributed by atoms with E-state index in [1.54, 1.807) is 24.3 Å². The van der Waals surface area contributed by atoms with Gasteiger partial charge in [0.15, 0.2) is 19.0 Å². The molecule has 186 valence electrons. The van der Waals surface area contributed by atoms with E-state index in [1.165, 1.54) is 23.1 Å². The second-order valence-corrected chi connectivity index (χ2v) is 8.49. The van der Waals surface area contributed by atoms with Gasteiger partial charge in [-0.3, -0.25) is 14.4 Å². The van der Waals surface area contributed by atoms with Crippen molar-refractivity contribution in [1.82, 2.24) is 5.32 Å². The lowest BCUT2D eigenvalue weighted by Crippen LogP contribution is -2.40. The van der Waals surface area contributed by atoms with Crippen LogP contribution >= 0.6 is 0 Å². The van der Waals surface area contributed by atoms with Crippen molar-refractivity contribution in [3.63, 3.8) is 0 Å². The molecule has 1 aliphatic rings. The van der Waals surface area contributed by atoms with Gasteiger partial charge in [0.25, 0.3) is 5.91 Å². The predicted octanol–water partition coefficient (Wildman–Crippen LogP) is 4.47. The van der Waals surface area contributed by atoms with Gasteiger partial charge in [-0.05, 0) is 49.2 Å². The number of nitrogens with zero attached hydrogens (tertiary/aromatic N) is 1. The molecular formula is C28H27FN2O5. The molecule has 7 nitrogen and oxygen atoms in total. The van der Waals surface area contributed by atoms with E-state index in [0.29, 0.717) is 30.0 Å². The molecule has 1 N–H and O–H groups in total. The van der Waals surface area contributed by atoms with Crippen LogP contribution in [0, 0.1) is 5.82 Å². The van der Waals surface area contributed by atoms with Crippen LogP contribution in [0.1, 0.15) is 41.7 Å². The van der Waals surface area contributed by atoms with Gasteiger partial charge in [-0.25, -0.2) is 4.39 Å². The van der Waals surface area contributed by atoms with Gasteiger partial charge in [0.2, 0.25) is 5.91 Å². The van der Waals surface area contributed by atoms with E-state index >= 15 is 0 Å². The molecule has 2 amide bonds. The Hall–Kier alpha value is -4.20. The molecule has 0 unspecified atom stereocenters. The van der Waals surface area contributed by atoms with E-state index in [4.69, 9.17) is 9.47 Å². The quantitative estimate of drug-likeness (QED) is 0.424. The number of rotatable bonds is 10. The Kier molecular flexibility index (Phi) is 7.95. The first-order valence-corrected chi connectivity index (χ1v) is 11.7. The van der Waals surface area contributed by atoms with Crippen molar-refractivity contribution in [1.29, 1.82) is 0 Å². The molecule has 0 saturated heterocycles. The Labute approximate surface area is 208 Å². The van der Waals surface area contributed by atoms with Crippen LogP contribution in [0.5, 0.6) is 11.5 Å². The Morgan fingerprint density at radius 3 is 2.67 bits per heavy atom. The van der Waals surface area contributed by atoms with Crippen molar-refractivity contribution in [3.05, 3.63) is 89.7 Å². The average molecular weight is 491 g/mol. The van der Waals surface area contributed by atoms with Crippen molar-refractivity contribution in [3.8, 4) is 11.5 Å². The highest BCUT2D eigenvalue weighted by atomic mass is 19.1. The molecule has 0 fully saturated rings. The number of ether oxygens (including phenoxy) is 2. The molecule has 0 spiro atoms. The highest BCUT2D eigenvalue weighted by Gasteiger charge is 2.26. The number of Topliss-reactive ketones (excluding diaryl/α,β-unsaturated/α-hetero) is 1. The summed E-state index contributed by atoms with van der Waals surface area (Å²) in [5, 5.41) is 2.97. The van der Waals surface area contributed by atoms with Gasteiger partial charge in [0, 0.05) is 24.6 Å². The molecule has 0 bridgehead atoms. The summed E-state index contributed by atoms with van der Waals surface area (Å²) in [6.45, 7) is 1.84. The molecule has 1 atom stereocenters. The maximum absolute atomic E-state index is 13.3. The first-order chi connectivity index (χ1) is 17.4. The van der Waals surface area contributed by atoms with Crippen LogP contribution in [-0.4, -0.2) is 37.4 Å².